The molecule has 0 aliphatic heterocycles. The molecular weight excluding hydrogens is 151 g/mol. The number of alkyl halides is 2. The van der Waals surface area contributed by atoms with Crippen molar-refractivity contribution in [1.82, 2.24) is 0 Å². The molecule has 0 heterocycles. The van der Waals surface area contributed by atoms with Gasteiger partial charge in [-0.2, -0.15) is 0 Å². The number of halogens is 2. The van der Waals surface area contributed by atoms with Crippen LogP contribution < -0.4 is 5.11 Å². The molecule has 0 radical (unpaired) electrons. The van der Waals surface area contributed by atoms with Crippen molar-refractivity contribution in [3.63, 3.8) is 0 Å². The van der Waals surface area contributed by atoms with Crippen LogP contribution in [0, 0.1) is 0 Å². The van der Waals surface area contributed by atoms with E-state index in [2.05, 4.69) is 0 Å². The van der Waals surface area contributed by atoms with E-state index in [9.17, 15) is 9.90 Å². The SMILES string of the molecule is CC(Cl)(CCl)C(=O)[O-]. The lowest BCUT2D eigenvalue weighted by Gasteiger charge is -2.18. The summed E-state index contributed by atoms with van der Waals surface area (Å²) in [6.45, 7) is 1.29. The van der Waals surface area contributed by atoms with Crippen LogP contribution >= 0.6 is 23.2 Å². The highest BCUT2D eigenvalue weighted by Crippen LogP contribution is 2.13. The second-order valence-corrected chi connectivity index (χ2v) is 2.72. The minimum atomic E-state index is -1.42. The molecule has 0 spiro atoms. The summed E-state index contributed by atoms with van der Waals surface area (Å²) in [6.07, 6.45) is 0. The molecule has 0 amide bonds. The number of carboxylic acids is 1. The summed E-state index contributed by atoms with van der Waals surface area (Å²) in [5.74, 6) is -1.48. The maximum absolute atomic E-state index is 9.92. The van der Waals surface area contributed by atoms with Crippen LogP contribution in [0.3, 0.4) is 0 Å². The maximum atomic E-state index is 9.92. The molecule has 1 unspecified atom stereocenters. The predicted octanol–water partition coefficient (Wildman–Crippen LogP) is -0.0274. The van der Waals surface area contributed by atoms with Crippen LogP contribution in [0.25, 0.3) is 0 Å². The van der Waals surface area contributed by atoms with Gasteiger partial charge in [-0.05, 0) is 6.92 Å². The van der Waals surface area contributed by atoms with Crippen molar-refractivity contribution in [2.24, 2.45) is 0 Å². The molecule has 0 aromatic carbocycles. The number of carbonyl (C=O) groups excluding carboxylic acids is 1. The van der Waals surface area contributed by atoms with E-state index in [4.69, 9.17) is 23.2 Å². The Hall–Kier alpha value is 0.0500. The second-order valence-electron chi connectivity index (χ2n) is 1.62. The van der Waals surface area contributed by atoms with Gasteiger partial charge in [0.1, 0.15) is 0 Å². The first-order valence-corrected chi connectivity index (χ1v) is 2.88. The fourth-order valence-electron chi connectivity index (χ4n) is 0.0546. The first-order chi connectivity index (χ1) is 3.50. The number of carbonyl (C=O) groups is 1. The van der Waals surface area contributed by atoms with E-state index < -0.39 is 10.8 Å². The van der Waals surface area contributed by atoms with Gasteiger partial charge in [0, 0.05) is 5.88 Å². The van der Waals surface area contributed by atoms with Crippen LogP contribution in [0.4, 0.5) is 0 Å². The second kappa shape index (κ2) is 2.55. The summed E-state index contributed by atoms with van der Waals surface area (Å²) in [5.41, 5.74) is 0. The Labute approximate surface area is 57.4 Å². The standard InChI is InChI=1S/C4H6Cl2O2/c1-4(6,2-5)3(7)8/h2H2,1H3,(H,7,8)/p-1. The van der Waals surface area contributed by atoms with Crippen LogP contribution in [0.5, 0.6) is 0 Å². The van der Waals surface area contributed by atoms with Gasteiger partial charge in [0.25, 0.3) is 0 Å². The molecule has 0 fully saturated rings. The normalized spacial score (nSPS) is 17.4. The average Bonchev–Trinajstić information content (AvgIpc) is 1.67. The molecule has 0 saturated heterocycles. The van der Waals surface area contributed by atoms with Crippen molar-refractivity contribution >= 4 is 29.2 Å². The van der Waals surface area contributed by atoms with Crippen LogP contribution in [0.15, 0.2) is 0 Å². The zero-order chi connectivity index (χ0) is 6.78. The molecule has 0 rings (SSSR count). The molecule has 2 nitrogen and oxygen atoms in total. The lowest BCUT2D eigenvalue weighted by Crippen LogP contribution is -2.42. The summed E-state index contributed by atoms with van der Waals surface area (Å²) in [7, 11) is 0. The molecule has 0 aliphatic carbocycles. The number of carboxylic acid groups (broad SMARTS) is 1. The maximum Gasteiger partial charge on any atom is 0.0945 e. The Morgan fingerprint density at radius 3 is 2.25 bits per heavy atom. The van der Waals surface area contributed by atoms with E-state index in [1.165, 1.54) is 6.92 Å². The van der Waals surface area contributed by atoms with Gasteiger partial charge in [0.2, 0.25) is 0 Å². The van der Waals surface area contributed by atoms with Crippen molar-refractivity contribution in [3.8, 4) is 0 Å². The molecule has 48 valence electrons. The molecule has 4 heteroatoms. The zero-order valence-electron chi connectivity index (χ0n) is 4.28. The van der Waals surface area contributed by atoms with Crippen LogP contribution in [-0.2, 0) is 4.79 Å². The molecule has 1 atom stereocenters. The molecule has 0 bridgehead atoms. The predicted molar refractivity (Wildman–Crippen MR) is 30.0 cm³/mol. The first-order valence-electron chi connectivity index (χ1n) is 1.97. The van der Waals surface area contributed by atoms with Crippen molar-refractivity contribution < 1.29 is 9.90 Å². The van der Waals surface area contributed by atoms with Gasteiger partial charge in [0.05, 0.1) is 10.8 Å². The fourth-order valence-corrected chi connectivity index (χ4v) is 0.164. The Morgan fingerprint density at radius 2 is 2.25 bits per heavy atom. The largest absolute Gasteiger partial charge is 0.548 e. The lowest BCUT2D eigenvalue weighted by atomic mass is 10.2. The zero-order valence-corrected chi connectivity index (χ0v) is 5.79. The highest BCUT2D eigenvalue weighted by molar-refractivity contribution is 6.38. The summed E-state index contributed by atoms with van der Waals surface area (Å²) in [4.78, 5) is 8.51. The van der Waals surface area contributed by atoms with Crippen molar-refractivity contribution in [1.29, 1.82) is 0 Å². The van der Waals surface area contributed by atoms with Gasteiger partial charge in [-0.1, -0.05) is 0 Å². The van der Waals surface area contributed by atoms with Crippen LogP contribution in [-0.4, -0.2) is 16.7 Å². The molecule has 0 aromatic rings. The highest BCUT2D eigenvalue weighted by Gasteiger charge is 2.20. The summed E-state index contributed by atoms with van der Waals surface area (Å²) in [5, 5.41) is 9.92. The Kier molecular flexibility index (Phi) is 2.57. The van der Waals surface area contributed by atoms with Gasteiger partial charge in [-0.25, -0.2) is 0 Å². The number of hydrogen-bond donors (Lipinski definition) is 0. The summed E-state index contributed by atoms with van der Waals surface area (Å²) in [6, 6.07) is 0. The van der Waals surface area contributed by atoms with Crippen molar-refractivity contribution in [3.05, 3.63) is 0 Å². The molecule has 8 heavy (non-hydrogen) atoms. The van der Waals surface area contributed by atoms with Crippen molar-refractivity contribution in [2.75, 3.05) is 5.88 Å². The molecule has 0 aromatic heterocycles. The number of rotatable bonds is 2. The van der Waals surface area contributed by atoms with Crippen LogP contribution in [0.2, 0.25) is 0 Å². The van der Waals surface area contributed by atoms with E-state index >= 15 is 0 Å². The van der Waals surface area contributed by atoms with E-state index in [1.54, 1.807) is 0 Å². The Bertz CT molecular complexity index is 100. The fraction of sp³-hybridized carbons (Fsp3) is 0.750. The van der Waals surface area contributed by atoms with Gasteiger partial charge < -0.3 is 9.90 Å². The van der Waals surface area contributed by atoms with Crippen molar-refractivity contribution in [2.45, 2.75) is 11.8 Å². The van der Waals surface area contributed by atoms with Gasteiger partial charge >= 0.3 is 0 Å². The van der Waals surface area contributed by atoms with Gasteiger partial charge in [-0.3, -0.25) is 0 Å². The quantitative estimate of drug-likeness (QED) is 0.526. The monoisotopic (exact) mass is 155 g/mol. The van der Waals surface area contributed by atoms with Gasteiger partial charge in [-0.15, -0.1) is 23.2 Å². The van der Waals surface area contributed by atoms with E-state index in [0.717, 1.165) is 0 Å². The molecular formula is C4H5Cl2O2-. The average molecular weight is 156 g/mol. The summed E-state index contributed by atoms with van der Waals surface area (Å²) >= 11 is 10.4. The topological polar surface area (TPSA) is 40.1 Å². The Morgan fingerprint density at radius 1 is 1.88 bits per heavy atom. The molecule has 0 N–H and O–H groups in total. The molecule has 0 saturated carbocycles. The van der Waals surface area contributed by atoms with Crippen LogP contribution in [0.1, 0.15) is 6.92 Å². The lowest BCUT2D eigenvalue weighted by molar-refractivity contribution is -0.308. The third kappa shape index (κ3) is 1.88. The third-order valence-electron chi connectivity index (χ3n) is 0.677. The highest BCUT2D eigenvalue weighted by atomic mass is 35.5. The third-order valence-corrected chi connectivity index (χ3v) is 1.64. The van der Waals surface area contributed by atoms with E-state index in [1.807, 2.05) is 0 Å². The number of hydrogen-bond acceptors (Lipinski definition) is 2. The minimum Gasteiger partial charge on any atom is -0.548 e. The number of aliphatic carboxylic acids is 1. The molecule has 0 aliphatic rings. The van der Waals surface area contributed by atoms with E-state index in [-0.39, 0.29) is 5.88 Å². The summed E-state index contributed by atoms with van der Waals surface area (Å²) < 4.78 is 0. The smallest absolute Gasteiger partial charge is 0.0945 e. The first kappa shape index (κ1) is 8.05. The minimum absolute atomic E-state index is 0.142. The van der Waals surface area contributed by atoms with E-state index in [0.29, 0.717) is 0 Å². The Balaban J connectivity index is 3.91. The van der Waals surface area contributed by atoms with Gasteiger partial charge in [0.15, 0.2) is 0 Å².